The molecule has 7 heteroatoms. The second-order valence-corrected chi connectivity index (χ2v) is 2.87. The number of methoxy groups -OCH3 is 1. The van der Waals surface area contributed by atoms with Crippen LogP contribution in [-0.4, -0.2) is 22.2 Å². The number of nitro groups is 1. The Morgan fingerprint density at radius 1 is 1.50 bits per heavy atom. The topological polar surface area (TPSA) is 91.3 Å². The van der Waals surface area contributed by atoms with E-state index in [2.05, 4.69) is 14.7 Å². The van der Waals surface area contributed by atoms with Gasteiger partial charge in [-0.25, -0.2) is 0 Å². The van der Waals surface area contributed by atoms with E-state index in [1.165, 1.54) is 19.2 Å². The average molecular weight is 221 g/mol. The number of benzene rings is 1. The Bertz CT molecular complexity index is 509. The van der Waals surface area contributed by atoms with Crippen LogP contribution in [0.2, 0.25) is 0 Å². The number of hydrogen-bond acceptors (Lipinski definition) is 6. The van der Waals surface area contributed by atoms with Crippen molar-refractivity contribution in [1.82, 2.24) is 10.1 Å². The second-order valence-electron chi connectivity index (χ2n) is 2.87. The van der Waals surface area contributed by atoms with E-state index >= 15 is 0 Å². The molecular weight excluding hydrogens is 214 g/mol. The molecule has 1 aromatic carbocycles. The minimum atomic E-state index is -0.537. The minimum Gasteiger partial charge on any atom is -0.490 e. The van der Waals surface area contributed by atoms with Crippen molar-refractivity contribution in [3.8, 4) is 17.1 Å². The van der Waals surface area contributed by atoms with Crippen molar-refractivity contribution in [3.63, 3.8) is 0 Å². The fourth-order valence-corrected chi connectivity index (χ4v) is 1.35. The lowest BCUT2D eigenvalue weighted by Gasteiger charge is -2.03. The minimum absolute atomic E-state index is 0.158. The summed E-state index contributed by atoms with van der Waals surface area (Å²) in [6.45, 7) is 0. The number of nitrogens with zero attached hydrogens (tertiary/aromatic N) is 3. The van der Waals surface area contributed by atoms with Crippen LogP contribution < -0.4 is 4.74 Å². The second kappa shape index (κ2) is 3.97. The highest BCUT2D eigenvalue weighted by molar-refractivity contribution is 5.72. The lowest BCUT2D eigenvalue weighted by atomic mass is 10.1. The van der Waals surface area contributed by atoms with Crippen LogP contribution in [0.5, 0.6) is 5.75 Å². The molecular formula is C9H7N3O4. The van der Waals surface area contributed by atoms with E-state index in [0.29, 0.717) is 0 Å². The van der Waals surface area contributed by atoms with Crippen LogP contribution in [0, 0.1) is 10.1 Å². The predicted molar refractivity (Wildman–Crippen MR) is 52.9 cm³/mol. The zero-order valence-electron chi connectivity index (χ0n) is 8.28. The highest BCUT2D eigenvalue weighted by Crippen LogP contribution is 2.35. The molecule has 1 aromatic heterocycles. The highest BCUT2D eigenvalue weighted by atomic mass is 16.6. The van der Waals surface area contributed by atoms with Gasteiger partial charge < -0.3 is 9.26 Å². The number of ether oxygens (including phenoxy) is 1. The lowest BCUT2D eigenvalue weighted by Crippen LogP contribution is -1.97. The fourth-order valence-electron chi connectivity index (χ4n) is 1.35. The maximum atomic E-state index is 10.9. The molecule has 0 aliphatic carbocycles. The van der Waals surface area contributed by atoms with E-state index in [-0.39, 0.29) is 22.8 Å². The van der Waals surface area contributed by atoms with E-state index < -0.39 is 4.92 Å². The third kappa shape index (κ3) is 1.58. The first-order valence-corrected chi connectivity index (χ1v) is 4.32. The van der Waals surface area contributed by atoms with Crippen LogP contribution in [-0.2, 0) is 0 Å². The summed E-state index contributed by atoms with van der Waals surface area (Å²) in [5.41, 5.74) is 0.0875. The quantitative estimate of drug-likeness (QED) is 0.578. The summed E-state index contributed by atoms with van der Waals surface area (Å²) in [7, 11) is 1.36. The molecule has 0 fully saturated rings. The Morgan fingerprint density at radius 3 is 2.88 bits per heavy atom. The van der Waals surface area contributed by atoms with Crippen LogP contribution in [0.25, 0.3) is 11.4 Å². The molecule has 0 aliphatic heterocycles. The molecule has 0 atom stereocenters. The molecule has 82 valence electrons. The summed E-state index contributed by atoms with van der Waals surface area (Å²) in [6.07, 6.45) is 1.11. The molecule has 0 spiro atoms. The molecule has 0 amide bonds. The Kier molecular flexibility index (Phi) is 2.50. The molecule has 0 N–H and O–H groups in total. The normalized spacial score (nSPS) is 10.1. The molecule has 7 nitrogen and oxygen atoms in total. The number of rotatable bonds is 3. The fraction of sp³-hybridized carbons (Fsp3) is 0.111. The Balaban J connectivity index is 2.65. The number of aromatic nitrogens is 2. The first-order valence-electron chi connectivity index (χ1n) is 4.32. The maximum absolute atomic E-state index is 10.9. The molecule has 0 saturated carbocycles. The molecule has 2 aromatic rings. The SMILES string of the molecule is COc1cccc(-c2ncon2)c1[N+](=O)[O-]. The van der Waals surface area contributed by atoms with E-state index in [1.807, 2.05) is 0 Å². The van der Waals surface area contributed by atoms with Crippen molar-refractivity contribution < 1.29 is 14.2 Å². The van der Waals surface area contributed by atoms with Gasteiger partial charge >= 0.3 is 5.69 Å². The summed E-state index contributed by atoms with van der Waals surface area (Å²) in [6, 6.07) is 4.66. The Labute approximate surface area is 89.8 Å². The van der Waals surface area contributed by atoms with Gasteiger partial charge in [0.05, 0.1) is 12.0 Å². The number of hydrogen-bond donors (Lipinski definition) is 0. The van der Waals surface area contributed by atoms with Crippen molar-refractivity contribution >= 4 is 5.69 Å². The van der Waals surface area contributed by atoms with E-state index in [0.717, 1.165) is 6.39 Å². The summed E-state index contributed by atoms with van der Waals surface area (Å²) in [4.78, 5) is 14.2. The molecule has 0 unspecified atom stereocenters. The largest absolute Gasteiger partial charge is 0.490 e. The molecule has 2 rings (SSSR count). The van der Waals surface area contributed by atoms with Gasteiger partial charge in [0.2, 0.25) is 12.2 Å². The van der Waals surface area contributed by atoms with Gasteiger partial charge in [-0.15, -0.1) is 0 Å². The smallest absolute Gasteiger partial charge is 0.321 e. The molecule has 0 bridgehead atoms. The molecule has 16 heavy (non-hydrogen) atoms. The molecule has 0 aliphatic rings. The van der Waals surface area contributed by atoms with Crippen LogP contribution >= 0.6 is 0 Å². The predicted octanol–water partition coefficient (Wildman–Crippen LogP) is 1.65. The molecule has 0 radical (unpaired) electrons. The van der Waals surface area contributed by atoms with Gasteiger partial charge in [0.15, 0.2) is 5.75 Å². The molecule has 0 saturated heterocycles. The Morgan fingerprint density at radius 2 is 2.31 bits per heavy atom. The van der Waals surface area contributed by atoms with Crippen molar-refractivity contribution in [1.29, 1.82) is 0 Å². The Hall–Kier alpha value is -2.44. The van der Waals surface area contributed by atoms with E-state index in [4.69, 9.17) is 4.74 Å². The monoisotopic (exact) mass is 221 g/mol. The summed E-state index contributed by atoms with van der Waals surface area (Å²) in [5.74, 6) is 0.318. The first kappa shape index (κ1) is 10.1. The van der Waals surface area contributed by atoms with E-state index in [9.17, 15) is 10.1 Å². The molecule has 1 heterocycles. The summed E-state index contributed by atoms with van der Waals surface area (Å²) in [5, 5.41) is 14.5. The number of para-hydroxylation sites is 1. The van der Waals surface area contributed by atoms with Crippen molar-refractivity contribution in [3.05, 3.63) is 34.7 Å². The van der Waals surface area contributed by atoms with Crippen LogP contribution in [0.1, 0.15) is 0 Å². The van der Waals surface area contributed by atoms with Gasteiger partial charge in [-0.1, -0.05) is 11.2 Å². The van der Waals surface area contributed by atoms with Gasteiger partial charge in [0, 0.05) is 0 Å². The third-order valence-electron chi connectivity index (χ3n) is 2.00. The van der Waals surface area contributed by atoms with Crippen molar-refractivity contribution in [2.24, 2.45) is 0 Å². The summed E-state index contributed by atoms with van der Waals surface area (Å²) >= 11 is 0. The van der Waals surface area contributed by atoms with Gasteiger partial charge in [-0.2, -0.15) is 4.98 Å². The van der Waals surface area contributed by atoms with Crippen LogP contribution in [0.3, 0.4) is 0 Å². The van der Waals surface area contributed by atoms with Gasteiger partial charge in [0.1, 0.15) is 5.56 Å². The van der Waals surface area contributed by atoms with Crippen molar-refractivity contribution in [2.75, 3.05) is 7.11 Å². The first-order chi connectivity index (χ1) is 7.74. The lowest BCUT2D eigenvalue weighted by molar-refractivity contribution is -0.385. The van der Waals surface area contributed by atoms with Crippen molar-refractivity contribution in [2.45, 2.75) is 0 Å². The van der Waals surface area contributed by atoms with Gasteiger partial charge in [-0.05, 0) is 12.1 Å². The van der Waals surface area contributed by atoms with Gasteiger partial charge in [0.25, 0.3) is 0 Å². The zero-order chi connectivity index (χ0) is 11.5. The van der Waals surface area contributed by atoms with Crippen LogP contribution in [0.4, 0.5) is 5.69 Å². The van der Waals surface area contributed by atoms with Gasteiger partial charge in [-0.3, -0.25) is 10.1 Å². The maximum Gasteiger partial charge on any atom is 0.321 e. The summed E-state index contributed by atoms with van der Waals surface area (Å²) < 4.78 is 9.47. The zero-order valence-corrected chi connectivity index (χ0v) is 8.28. The van der Waals surface area contributed by atoms with E-state index in [1.54, 1.807) is 6.07 Å². The highest BCUT2D eigenvalue weighted by Gasteiger charge is 2.23. The van der Waals surface area contributed by atoms with Crippen LogP contribution in [0.15, 0.2) is 29.1 Å². The number of nitro benzene ring substituents is 1. The average Bonchev–Trinajstić information content (AvgIpc) is 2.81. The standard InChI is InChI=1S/C9H7N3O4/c1-15-7-4-2-3-6(8(7)12(13)14)9-10-5-16-11-9/h2-5H,1H3. The third-order valence-corrected chi connectivity index (χ3v) is 2.00.